The van der Waals surface area contributed by atoms with Crippen molar-refractivity contribution in [2.45, 2.75) is 6.42 Å². The zero-order chi connectivity index (χ0) is 13.4. The van der Waals surface area contributed by atoms with Crippen LogP contribution in [0.2, 0.25) is 0 Å². The van der Waals surface area contributed by atoms with Gasteiger partial charge in [0.25, 0.3) is 0 Å². The Hall–Kier alpha value is -0.780. The summed E-state index contributed by atoms with van der Waals surface area (Å²) in [5.41, 5.74) is 7.88. The van der Waals surface area contributed by atoms with Gasteiger partial charge >= 0.3 is 0 Å². The molecule has 2 N–H and O–H groups in total. The zero-order valence-corrected chi connectivity index (χ0v) is 12.6. The van der Waals surface area contributed by atoms with Crippen molar-refractivity contribution in [1.29, 1.82) is 0 Å². The van der Waals surface area contributed by atoms with Gasteiger partial charge in [0.2, 0.25) is 0 Å². The van der Waals surface area contributed by atoms with Gasteiger partial charge in [-0.15, -0.1) is 0 Å². The molecule has 0 heterocycles. The standard InChI is InChI=1S/C13H21BrN2O2/c1-17-8-3-6-16(7-9-18-2)13-5-4-11(14)10-12(13)15/h4-5,10H,3,6-9,15H2,1-2H3. The number of halogens is 1. The van der Waals surface area contributed by atoms with Crippen molar-refractivity contribution in [3.63, 3.8) is 0 Å². The molecule has 1 aromatic carbocycles. The molecule has 1 aromatic rings. The molecule has 0 atom stereocenters. The van der Waals surface area contributed by atoms with Gasteiger partial charge in [0, 0.05) is 38.4 Å². The van der Waals surface area contributed by atoms with E-state index in [-0.39, 0.29) is 0 Å². The molecular weight excluding hydrogens is 296 g/mol. The molecule has 0 aliphatic carbocycles. The number of nitrogens with two attached hydrogens (primary N) is 1. The van der Waals surface area contributed by atoms with E-state index >= 15 is 0 Å². The molecule has 0 amide bonds. The van der Waals surface area contributed by atoms with Crippen LogP contribution in [0.4, 0.5) is 11.4 Å². The first kappa shape index (κ1) is 15.3. The summed E-state index contributed by atoms with van der Waals surface area (Å²) in [5.74, 6) is 0. The first-order valence-corrected chi connectivity index (χ1v) is 6.76. The highest BCUT2D eigenvalue weighted by atomic mass is 79.9. The maximum Gasteiger partial charge on any atom is 0.0637 e. The van der Waals surface area contributed by atoms with E-state index in [0.717, 1.165) is 42.0 Å². The number of methoxy groups -OCH3 is 2. The first-order valence-electron chi connectivity index (χ1n) is 5.97. The summed E-state index contributed by atoms with van der Waals surface area (Å²) >= 11 is 3.42. The van der Waals surface area contributed by atoms with Crippen LogP contribution < -0.4 is 10.6 Å². The highest BCUT2D eigenvalue weighted by Crippen LogP contribution is 2.26. The van der Waals surface area contributed by atoms with E-state index in [1.807, 2.05) is 18.2 Å². The maximum atomic E-state index is 6.05. The van der Waals surface area contributed by atoms with Gasteiger partial charge in [-0.1, -0.05) is 15.9 Å². The maximum absolute atomic E-state index is 6.05. The number of hydrogen-bond donors (Lipinski definition) is 1. The van der Waals surface area contributed by atoms with Gasteiger partial charge in [0.1, 0.15) is 0 Å². The third-order valence-electron chi connectivity index (χ3n) is 2.67. The molecule has 5 heteroatoms. The van der Waals surface area contributed by atoms with E-state index in [1.165, 1.54) is 0 Å². The lowest BCUT2D eigenvalue weighted by molar-refractivity contribution is 0.191. The predicted molar refractivity (Wildman–Crippen MR) is 79.1 cm³/mol. The minimum absolute atomic E-state index is 0.683. The number of benzene rings is 1. The topological polar surface area (TPSA) is 47.7 Å². The van der Waals surface area contributed by atoms with Crippen molar-refractivity contribution in [2.24, 2.45) is 0 Å². The van der Waals surface area contributed by atoms with Crippen LogP contribution in [-0.4, -0.2) is 40.5 Å². The Kier molecular flexibility index (Phi) is 7.08. The molecule has 0 saturated carbocycles. The second-order valence-electron chi connectivity index (χ2n) is 4.03. The molecule has 102 valence electrons. The smallest absolute Gasteiger partial charge is 0.0637 e. The van der Waals surface area contributed by atoms with Crippen molar-refractivity contribution in [3.05, 3.63) is 22.7 Å². The summed E-state index contributed by atoms with van der Waals surface area (Å²) < 4.78 is 11.2. The molecule has 0 unspecified atom stereocenters. The number of nitrogens with zero attached hydrogens (tertiary/aromatic N) is 1. The normalized spacial score (nSPS) is 10.6. The quantitative estimate of drug-likeness (QED) is 0.591. The lowest BCUT2D eigenvalue weighted by atomic mass is 10.2. The molecule has 0 aromatic heterocycles. The Bertz CT molecular complexity index is 361. The van der Waals surface area contributed by atoms with Gasteiger partial charge in [-0.2, -0.15) is 0 Å². The lowest BCUT2D eigenvalue weighted by Gasteiger charge is -2.26. The molecule has 18 heavy (non-hydrogen) atoms. The Morgan fingerprint density at radius 3 is 2.50 bits per heavy atom. The summed E-state index contributed by atoms with van der Waals surface area (Å²) in [4.78, 5) is 2.23. The average molecular weight is 317 g/mol. The van der Waals surface area contributed by atoms with E-state index in [1.54, 1.807) is 14.2 Å². The van der Waals surface area contributed by atoms with Crippen molar-refractivity contribution >= 4 is 27.3 Å². The first-order chi connectivity index (χ1) is 8.69. The molecule has 0 fully saturated rings. The molecule has 4 nitrogen and oxygen atoms in total. The predicted octanol–water partition coefficient (Wildman–Crippen LogP) is 2.52. The molecule has 0 radical (unpaired) electrons. The Morgan fingerprint density at radius 2 is 1.89 bits per heavy atom. The Morgan fingerprint density at radius 1 is 1.17 bits per heavy atom. The van der Waals surface area contributed by atoms with Gasteiger partial charge in [-0.25, -0.2) is 0 Å². The summed E-state index contributed by atoms with van der Waals surface area (Å²) in [6.45, 7) is 3.16. The third kappa shape index (κ3) is 4.84. The molecule has 0 bridgehead atoms. The fraction of sp³-hybridized carbons (Fsp3) is 0.538. The molecule has 1 rings (SSSR count). The second kappa shape index (κ2) is 8.34. The Balaban J connectivity index is 2.73. The lowest BCUT2D eigenvalue weighted by Crippen LogP contribution is -2.29. The minimum Gasteiger partial charge on any atom is -0.397 e. The van der Waals surface area contributed by atoms with Gasteiger partial charge < -0.3 is 20.1 Å². The van der Waals surface area contributed by atoms with Crippen LogP contribution in [0.3, 0.4) is 0 Å². The van der Waals surface area contributed by atoms with Gasteiger partial charge in [-0.3, -0.25) is 0 Å². The van der Waals surface area contributed by atoms with Crippen LogP contribution in [-0.2, 0) is 9.47 Å². The van der Waals surface area contributed by atoms with Gasteiger partial charge in [0.05, 0.1) is 18.0 Å². The van der Waals surface area contributed by atoms with Gasteiger partial charge in [-0.05, 0) is 24.6 Å². The number of anilines is 2. The highest BCUT2D eigenvalue weighted by molar-refractivity contribution is 9.10. The fourth-order valence-corrected chi connectivity index (χ4v) is 2.15. The Labute approximate surface area is 117 Å². The molecule has 0 aliphatic rings. The van der Waals surface area contributed by atoms with Crippen molar-refractivity contribution < 1.29 is 9.47 Å². The number of ether oxygens (including phenoxy) is 2. The van der Waals surface area contributed by atoms with Crippen LogP contribution in [0, 0.1) is 0 Å². The third-order valence-corrected chi connectivity index (χ3v) is 3.17. The van der Waals surface area contributed by atoms with Gasteiger partial charge in [0.15, 0.2) is 0 Å². The van der Waals surface area contributed by atoms with E-state index < -0.39 is 0 Å². The monoisotopic (exact) mass is 316 g/mol. The van der Waals surface area contributed by atoms with Crippen LogP contribution in [0.25, 0.3) is 0 Å². The minimum atomic E-state index is 0.683. The van der Waals surface area contributed by atoms with Crippen molar-refractivity contribution in [2.75, 3.05) is 51.2 Å². The summed E-state index contributed by atoms with van der Waals surface area (Å²) in [6, 6.07) is 5.95. The van der Waals surface area contributed by atoms with Crippen LogP contribution >= 0.6 is 15.9 Å². The SMILES string of the molecule is COCCCN(CCOC)c1ccc(Br)cc1N. The zero-order valence-electron chi connectivity index (χ0n) is 11.0. The second-order valence-corrected chi connectivity index (χ2v) is 4.95. The molecule has 0 spiro atoms. The van der Waals surface area contributed by atoms with Crippen molar-refractivity contribution in [1.82, 2.24) is 0 Å². The number of rotatable bonds is 8. The van der Waals surface area contributed by atoms with Crippen LogP contribution in [0.5, 0.6) is 0 Å². The number of nitrogen functional groups attached to an aromatic ring is 1. The van der Waals surface area contributed by atoms with E-state index in [4.69, 9.17) is 15.2 Å². The largest absolute Gasteiger partial charge is 0.397 e. The molecule has 0 saturated heterocycles. The van der Waals surface area contributed by atoms with E-state index in [0.29, 0.717) is 6.61 Å². The summed E-state index contributed by atoms with van der Waals surface area (Å²) in [5, 5.41) is 0. The number of hydrogen-bond acceptors (Lipinski definition) is 4. The van der Waals surface area contributed by atoms with E-state index in [9.17, 15) is 0 Å². The summed E-state index contributed by atoms with van der Waals surface area (Å²) in [7, 11) is 3.42. The van der Waals surface area contributed by atoms with Crippen molar-refractivity contribution in [3.8, 4) is 0 Å². The molecule has 0 aliphatic heterocycles. The van der Waals surface area contributed by atoms with Crippen LogP contribution in [0.1, 0.15) is 6.42 Å². The van der Waals surface area contributed by atoms with E-state index in [2.05, 4.69) is 20.8 Å². The molecular formula is C13H21BrN2O2. The fourth-order valence-electron chi connectivity index (χ4n) is 1.77. The van der Waals surface area contributed by atoms with Crippen LogP contribution in [0.15, 0.2) is 22.7 Å². The highest BCUT2D eigenvalue weighted by Gasteiger charge is 2.09. The summed E-state index contributed by atoms with van der Waals surface area (Å²) in [6.07, 6.45) is 0.968. The average Bonchev–Trinajstić information content (AvgIpc) is 2.34.